The Hall–Kier alpha value is -2.24. The molecule has 1 amide bonds. The topological polar surface area (TPSA) is 72.7 Å². The van der Waals surface area contributed by atoms with Crippen molar-refractivity contribution in [2.75, 3.05) is 6.54 Å². The Balaban J connectivity index is 1.54. The van der Waals surface area contributed by atoms with Crippen LogP contribution < -0.4 is 5.32 Å². The van der Waals surface area contributed by atoms with E-state index in [2.05, 4.69) is 20.5 Å². The van der Waals surface area contributed by atoms with Gasteiger partial charge in [-0.3, -0.25) is 4.79 Å². The number of hydrogen-bond donors (Lipinski definition) is 1. The second kappa shape index (κ2) is 6.03. The van der Waals surface area contributed by atoms with Crippen molar-refractivity contribution in [1.29, 1.82) is 0 Å². The lowest BCUT2D eigenvalue weighted by molar-refractivity contribution is 0.0947. The smallest absolute Gasteiger partial charge is 0.269 e. The van der Waals surface area contributed by atoms with Crippen molar-refractivity contribution in [2.24, 2.45) is 0 Å². The number of amides is 1. The zero-order chi connectivity index (χ0) is 14.7. The fourth-order valence-corrected chi connectivity index (χ4v) is 2.28. The minimum absolute atomic E-state index is 0.133. The summed E-state index contributed by atoms with van der Waals surface area (Å²) in [6.07, 6.45) is 4.94. The van der Waals surface area contributed by atoms with Gasteiger partial charge in [-0.15, -0.1) is 10.2 Å². The van der Waals surface area contributed by atoms with Crippen LogP contribution in [0.25, 0.3) is 0 Å². The minimum atomic E-state index is -0.133. The van der Waals surface area contributed by atoms with Crippen LogP contribution in [0.1, 0.15) is 47.7 Å². The average Bonchev–Trinajstić information content (AvgIpc) is 3.26. The summed E-state index contributed by atoms with van der Waals surface area (Å²) in [6.45, 7) is 3.27. The summed E-state index contributed by atoms with van der Waals surface area (Å²) in [5.74, 6) is 1.47. The van der Waals surface area contributed by atoms with Gasteiger partial charge >= 0.3 is 0 Å². The van der Waals surface area contributed by atoms with E-state index >= 15 is 0 Å². The van der Waals surface area contributed by atoms with Crippen molar-refractivity contribution in [1.82, 2.24) is 25.1 Å². The van der Waals surface area contributed by atoms with Gasteiger partial charge in [0.25, 0.3) is 5.91 Å². The molecule has 0 spiro atoms. The zero-order valence-electron chi connectivity index (χ0n) is 12.1. The maximum absolute atomic E-state index is 12.1. The van der Waals surface area contributed by atoms with E-state index in [4.69, 9.17) is 0 Å². The molecule has 0 saturated heterocycles. The Morgan fingerprint density at radius 2 is 2.29 bits per heavy atom. The SMILES string of the molecule is CCc1cccc(C(=O)NCCn2cnnc2C2CC2)n1. The number of carbonyl (C=O) groups is 1. The van der Waals surface area contributed by atoms with Crippen molar-refractivity contribution in [3.05, 3.63) is 41.7 Å². The molecule has 21 heavy (non-hydrogen) atoms. The lowest BCUT2D eigenvalue weighted by atomic mass is 10.2. The highest BCUT2D eigenvalue weighted by molar-refractivity contribution is 5.92. The molecule has 0 aromatic carbocycles. The minimum Gasteiger partial charge on any atom is -0.349 e. The molecule has 1 saturated carbocycles. The molecule has 0 radical (unpaired) electrons. The van der Waals surface area contributed by atoms with Gasteiger partial charge in [-0.2, -0.15) is 0 Å². The van der Waals surface area contributed by atoms with Crippen LogP contribution in [-0.2, 0) is 13.0 Å². The second-order valence-corrected chi connectivity index (χ2v) is 5.28. The predicted octanol–water partition coefficient (Wildman–Crippen LogP) is 1.54. The van der Waals surface area contributed by atoms with Gasteiger partial charge in [-0.1, -0.05) is 13.0 Å². The fourth-order valence-electron chi connectivity index (χ4n) is 2.28. The lowest BCUT2D eigenvalue weighted by Gasteiger charge is -2.08. The molecule has 2 aromatic rings. The van der Waals surface area contributed by atoms with Crippen LogP contribution in [0.2, 0.25) is 0 Å². The zero-order valence-corrected chi connectivity index (χ0v) is 12.1. The van der Waals surface area contributed by atoms with Crippen LogP contribution in [0.5, 0.6) is 0 Å². The van der Waals surface area contributed by atoms with Crippen molar-refractivity contribution in [3.63, 3.8) is 0 Å². The van der Waals surface area contributed by atoms with Crippen LogP contribution in [0.15, 0.2) is 24.5 Å². The van der Waals surface area contributed by atoms with E-state index in [-0.39, 0.29) is 5.91 Å². The predicted molar refractivity (Wildman–Crippen MR) is 77.9 cm³/mol. The number of aryl methyl sites for hydroxylation is 1. The van der Waals surface area contributed by atoms with Gasteiger partial charge in [-0.25, -0.2) is 4.98 Å². The Kier molecular flexibility index (Phi) is 3.94. The third kappa shape index (κ3) is 3.26. The molecule has 1 aliphatic carbocycles. The Labute approximate surface area is 123 Å². The molecule has 3 rings (SSSR count). The van der Waals surface area contributed by atoms with Crippen molar-refractivity contribution in [2.45, 2.75) is 38.6 Å². The molecule has 1 fully saturated rings. The molecule has 6 heteroatoms. The molecule has 0 unspecified atom stereocenters. The van der Waals surface area contributed by atoms with Crippen LogP contribution in [0, 0.1) is 0 Å². The van der Waals surface area contributed by atoms with E-state index in [1.807, 2.05) is 23.6 Å². The lowest BCUT2D eigenvalue weighted by Crippen LogP contribution is -2.28. The van der Waals surface area contributed by atoms with Crippen LogP contribution >= 0.6 is 0 Å². The average molecular weight is 285 g/mol. The monoisotopic (exact) mass is 285 g/mol. The molecule has 0 aliphatic heterocycles. The molecule has 1 N–H and O–H groups in total. The van der Waals surface area contributed by atoms with Crippen LogP contribution in [0.4, 0.5) is 0 Å². The van der Waals surface area contributed by atoms with Crippen molar-refractivity contribution in [3.8, 4) is 0 Å². The molecule has 1 aliphatic rings. The van der Waals surface area contributed by atoms with E-state index in [1.54, 1.807) is 12.4 Å². The molecular formula is C15H19N5O. The summed E-state index contributed by atoms with van der Waals surface area (Å²) in [4.78, 5) is 16.4. The van der Waals surface area contributed by atoms with E-state index < -0.39 is 0 Å². The summed E-state index contributed by atoms with van der Waals surface area (Å²) in [6, 6.07) is 5.53. The molecule has 6 nitrogen and oxygen atoms in total. The van der Waals surface area contributed by atoms with E-state index in [9.17, 15) is 4.79 Å². The third-order valence-electron chi connectivity index (χ3n) is 3.63. The summed E-state index contributed by atoms with van der Waals surface area (Å²) >= 11 is 0. The van der Waals surface area contributed by atoms with Crippen LogP contribution in [0.3, 0.4) is 0 Å². The number of nitrogens with zero attached hydrogens (tertiary/aromatic N) is 4. The Morgan fingerprint density at radius 3 is 3.05 bits per heavy atom. The maximum atomic E-state index is 12.1. The first-order chi connectivity index (χ1) is 10.3. The number of carbonyl (C=O) groups excluding carboxylic acids is 1. The van der Waals surface area contributed by atoms with Crippen molar-refractivity contribution >= 4 is 5.91 Å². The summed E-state index contributed by atoms with van der Waals surface area (Å²) in [5, 5.41) is 11.0. The number of aromatic nitrogens is 4. The normalized spacial score (nSPS) is 14.1. The first-order valence-corrected chi connectivity index (χ1v) is 7.39. The van der Waals surface area contributed by atoms with Crippen LogP contribution in [-0.4, -0.2) is 32.2 Å². The van der Waals surface area contributed by atoms with E-state index in [1.165, 1.54) is 12.8 Å². The number of hydrogen-bond acceptors (Lipinski definition) is 4. The molecule has 110 valence electrons. The third-order valence-corrected chi connectivity index (χ3v) is 3.63. The number of rotatable bonds is 6. The van der Waals surface area contributed by atoms with Gasteiger partial charge in [0.05, 0.1) is 0 Å². The summed E-state index contributed by atoms with van der Waals surface area (Å²) < 4.78 is 2.02. The van der Waals surface area contributed by atoms with E-state index in [0.29, 0.717) is 24.7 Å². The second-order valence-electron chi connectivity index (χ2n) is 5.28. The number of pyridine rings is 1. The molecule has 2 heterocycles. The highest BCUT2D eigenvalue weighted by Crippen LogP contribution is 2.38. The molecule has 0 atom stereocenters. The van der Waals surface area contributed by atoms with Gasteiger partial charge in [-0.05, 0) is 31.4 Å². The van der Waals surface area contributed by atoms with Gasteiger partial charge < -0.3 is 9.88 Å². The quantitative estimate of drug-likeness (QED) is 0.874. The Bertz CT molecular complexity index is 632. The van der Waals surface area contributed by atoms with Crippen molar-refractivity contribution < 1.29 is 4.79 Å². The maximum Gasteiger partial charge on any atom is 0.269 e. The number of nitrogens with one attached hydrogen (secondary N) is 1. The molecule has 2 aromatic heterocycles. The highest BCUT2D eigenvalue weighted by Gasteiger charge is 2.28. The highest BCUT2D eigenvalue weighted by atomic mass is 16.1. The largest absolute Gasteiger partial charge is 0.349 e. The Morgan fingerprint density at radius 1 is 1.43 bits per heavy atom. The fraction of sp³-hybridized carbons (Fsp3) is 0.467. The summed E-state index contributed by atoms with van der Waals surface area (Å²) in [7, 11) is 0. The van der Waals surface area contributed by atoms with Gasteiger partial charge in [0.1, 0.15) is 17.8 Å². The van der Waals surface area contributed by atoms with Gasteiger partial charge in [0.15, 0.2) is 0 Å². The van der Waals surface area contributed by atoms with Gasteiger partial charge in [0.2, 0.25) is 0 Å². The first-order valence-electron chi connectivity index (χ1n) is 7.39. The molecular weight excluding hydrogens is 266 g/mol. The van der Waals surface area contributed by atoms with Gasteiger partial charge in [0, 0.05) is 24.7 Å². The first kappa shape index (κ1) is 13.7. The van der Waals surface area contributed by atoms with E-state index in [0.717, 1.165) is 17.9 Å². The molecule has 0 bridgehead atoms. The standard InChI is InChI=1S/C15H19N5O/c1-2-12-4-3-5-13(18-12)15(21)16-8-9-20-10-17-19-14(20)11-6-7-11/h3-5,10-11H,2,6-9H2,1H3,(H,16,21). The summed E-state index contributed by atoms with van der Waals surface area (Å²) in [5.41, 5.74) is 1.40.